The molecular formula is C20H27N. The van der Waals surface area contributed by atoms with Gasteiger partial charge in [-0.2, -0.15) is 0 Å². The van der Waals surface area contributed by atoms with E-state index in [1.165, 1.54) is 48.8 Å². The van der Waals surface area contributed by atoms with Crippen LogP contribution in [0.4, 0.5) is 5.69 Å². The highest BCUT2D eigenvalue weighted by atomic mass is 14.5. The van der Waals surface area contributed by atoms with Gasteiger partial charge in [-0.15, -0.1) is 0 Å². The molecule has 0 aromatic heterocycles. The number of rotatable bonds is 7. The Morgan fingerprint density at radius 3 is 1.95 bits per heavy atom. The molecule has 0 saturated heterocycles. The van der Waals surface area contributed by atoms with Gasteiger partial charge in [0.05, 0.1) is 0 Å². The molecule has 0 radical (unpaired) electrons. The van der Waals surface area contributed by atoms with Gasteiger partial charge in [-0.3, -0.25) is 0 Å². The molecule has 0 heterocycles. The van der Waals surface area contributed by atoms with Gasteiger partial charge in [-0.1, -0.05) is 69.5 Å². The lowest BCUT2D eigenvalue weighted by atomic mass is 9.92. The highest BCUT2D eigenvalue weighted by molar-refractivity contribution is 5.42. The molecule has 0 aliphatic carbocycles. The fraction of sp³-hybridized carbons (Fsp3) is 0.400. The number of hydrogen-bond acceptors (Lipinski definition) is 1. The van der Waals surface area contributed by atoms with Gasteiger partial charge in [0, 0.05) is 11.6 Å². The smallest absolute Gasteiger partial charge is 0.0314 e. The lowest BCUT2D eigenvalue weighted by Gasteiger charge is -2.13. The van der Waals surface area contributed by atoms with E-state index in [-0.39, 0.29) is 0 Å². The zero-order valence-electron chi connectivity index (χ0n) is 13.3. The van der Waals surface area contributed by atoms with Crippen LogP contribution < -0.4 is 5.73 Å². The largest absolute Gasteiger partial charge is 0.399 e. The van der Waals surface area contributed by atoms with Crippen molar-refractivity contribution in [3.63, 3.8) is 0 Å². The van der Waals surface area contributed by atoms with Gasteiger partial charge in [0.2, 0.25) is 0 Å². The number of unbranched alkanes of at least 4 members (excludes halogenated alkanes) is 3. The lowest BCUT2D eigenvalue weighted by Crippen LogP contribution is -1.97. The second-order valence-corrected chi connectivity index (χ2v) is 5.94. The van der Waals surface area contributed by atoms with E-state index in [1.807, 2.05) is 12.1 Å². The summed E-state index contributed by atoms with van der Waals surface area (Å²) in [7, 11) is 0. The first-order valence-corrected chi connectivity index (χ1v) is 8.15. The van der Waals surface area contributed by atoms with E-state index < -0.39 is 0 Å². The molecule has 2 aromatic rings. The number of benzene rings is 2. The Balaban J connectivity index is 1.96. The van der Waals surface area contributed by atoms with Crippen molar-refractivity contribution in [1.29, 1.82) is 0 Å². The molecule has 0 saturated carbocycles. The second-order valence-electron chi connectivity index (χ2n) is 5.94. The Kier molecular flexibility index (Phi) is 5.86. The van der Waals surface area contributed by atoms with Gasteiger partial charge in [0.15, 0.2) is 0 Å². The molecule has 1 nitrogen and oxygen atoms in total. The van der Waals surface area contributed by atoms with Crippen LogP contribution in [0.3, 0.4) is 0 Å². The van der Waals surface area contributed by atoms with Gasteiger partial charge in [0.1, 0.15) is 0 Å². The maximum atomic E-state index is 5.75. The van der Waals surface area contributed by atoms with Crippen LogP contribution in [-0.4, -0.2) is 0 Å². The molecule has 1 unspecified atom stereocenters. The van der Waals surface area contributed by atoms with Gasteiger partial charge in [0.25, 0.3) is 0 Å². The third-order valence-electron chi connectivity index (χ3n) is 4.24. The molecule has 0 bridgehead atoms. The van der Waals surface area contributed by atoms with Gasteiger partial charge in [-0.05, 0) is 41.7 Å². The summed E-state index contributed by atoms with van der Waals surface area (Å²) in [6.07, 6.45) is 6.52. The molecule has 1 atom stereocenters. The molecular weight excluding hydrogens is 254 g/mol. The summed E-state index contributed by atoms with van der Waals surface area (Å²) in [4.78, 5) is 0. The molecule has 0 amide bonds. The standard InChI is InChI=1S/C20H27N/c1-3-4-5-6-7-17-8-10-18(11-9-17)16(2)19-12-14-20(21)15-13-19/h8-16H,3-7,21H2,1-2H3. The van der Waals surface area contributed by atoms with Gasteiger partial charge >= 0.3 is 0 Å². The van der Waals surface area contributed by atoms with Crippen LogP contribution in [0.5, 0.6) is 0 Å². The first kappa shape index (κ1) is 15.6. The van der Waals surface area contributed by atoms with Crippen LogP contribution in [0.2, 0.25) is 0 Å². The molecule has 0 aliphatic heterocycles. The summed E-state index contributed by atoms with van der Waals surface area (Å²) in [6, 6.07) is 17.3. The summed E-state index contributed by atoms with van der Waals surface area (Å²) < 4.78 is 0. The van der Waals surface area contributed by atoms with E-state index in [0.29, 0.717) is 5.92 Å². The van der Waals surface area contributed by atoms with E-state index >= 15 is 0 Å². The van der Waals surface area contributed by atoms with Crippen LogP contribution in [-0.2, 0) is 6.42 Å². The average Bonchev–Trinajstić information content (AvgIpc) is 2.52. The molecule has 2 N–H and O–H groups in total. The van der Waals surface area contributed by atoms with E-state index in [2.05, 4.69) is 50.2 Å². The third kappa shape index (κ3) is 4.63. The monoisotopic (exact) mass is 281 g/mol. The number of aryl methyl sites for hydroxylation is 1. The predicted molar refractivity (Wildman–Crippen MR) is 92.7 cm³/mol. The van der Waals surface area contributed by atoms with Gasteiger partial charge in [-0.25, -0.2) is 0 Å². The fourth-order valence-electron chi connectivity index (χ4n) is 2.71. The number of hydrogen-bond donors (Lipinski definition) is 1. The predicted octanol–water partition coefficient (Wildman–Crippen LogP) is 5.54. The van der Waals surface area contributed by atoms with Crippen LogP contribution in [0, 0.1) is 0 Å². The molecule has 2 aromatic carbocycles. The van der Waals surface area contributed by atoms with Gasteiger partial charge < -0.3 is 5.73 Å². The SMILES string of the molecule is CCCCCCc1ccc(C(C)c2ccc(N)cc2)cc1. The van der Waals surface area contributed by atoms with E-state index in [0.717, 1.165) is 5.69 Å². The van der Waals surface area contributed by atoms with Crippen molar-refractivity contribution in [3.8, 4) is 0 Å². The van der Waals surface area contributed by atoms with Crippen LogP contribution >= 0.6 is 0 Å². The second kappa shape index (κ2) is 7.87. The minimum Gasteiger partial charge on any atom is -0.399 e. The molecule has 2 rings (SSSR count). The van der Waals surface area contributed by atoms with Crippen molar-refractivity contribution in [3.05, 3.63) is 65.2 Å². The van der Waals surface area contributed by atoms with Crippen LogP contribution in [0.15, 0.2) is 48.5 Å². The zero-order valence-corrected chi connectivity index (χ0v) is 13.3. The van der Waals surface area contributed by atoms with Crippen molar-refractivity contribution in [2.45, 2.75) is 51.9 Å². The molecule has 0 spiro atoms. The molecule has 1 heteroatoms. The lowest BCUT2D eigenvalue weighted by molar-refractivity contribution is 0.666. The Hall–Kier alpha value is -1.76. The minimum atomic E-state index is 0.416. The van der Waals surface area contributed by atoms with E-state index in [1.54, 1.807) is 0 Å². The van der Waals surface area contributed by atoms with Crippen molar-refractivity contribution >= 4 is 5.69 Å². The van der Waals surface area contributed by atoms with Crippen molar-refractivity contribution in [2.24, 2.45) is 0 Å². The topological polar surface area (TPSA) is 26.0 Å². The quantitative estimate of drug-likeness (QED) is 0.523. The van der Waals surface area contributed by atoms with E-state index in [9.17, 15) is 0 Å². The van der Waals surface area contributed by atoms with Crippen LogP contribution in [0.25, 0.3) is 0 Å². The molecule has 0 aliphatic rings. The first-order chi connectivity index (χ1) is 10.2. The van der Waals surface area contributed by atoms with E-state index in [4.69, 9.17) is 5.73 Å². The average molecular weight is 281 g/mol. The Bertz CT molecular complexity index is 525. The van der Waals surface area contributed by atoms with Crippen molar-refractivity contribution < 1.29 is 0 Å². The maximum Gasteiger partial charge on any atom is 0.0314 e. The third-order valence-corrected chi connectivity index (χ3v) is 4.24. The summed E-state index contributed by atoms with van der Waals surface area (Å²) >= 11 is 0. The Morgan fingerprint density at radius 2 is 1.38 bits per heavy atom. The zero-order chi connectivity index (χ0) is 15.1. The Labute approximate surface area is 129 Å². The summed E-state index contributed by atoms with van der Waals surface area (Å²) in [5, 5.41) is 0. The minimum absolute atomic E-state index is 0.416. The normalized spacial score (nSPS) is 12.3. The maximum absolute atomic E-state index is 5.75. The summed E-state index contributed by atoms with van der Waals surface area (Å²) in [6.45, 7) is 4.51. The fourth-order valence-corrected chi connectivity index (χ4v) is 2.71. The molecule has 112 valence electrons. The summed E-state index contributed by atoms with van der Waals surface area (Å²) in [5.74, 6) is 0.416. The van der Waals surface area contributed by atoms with Crippen molar-refractivity contribution in [2.75, 3.05) is 5.73 Å². The highest BCUT2D eigenvalue weighted by Gasteiger charge is 2.08. The molecule has 0 fully saturated rings. The van der Waals surface area contributed by atoms with Crippen LogP contribution in [0.1, 0.15) is 62.1 Å². The molecule has 21 heavy (non-hydrogen) atoms. The highest BCUT2D eigenvalue weighted by Crippen LogP contribution is 2.25. The van der Waals surface area contributed by atoms with Crippen molar-refractivity contribution in [1.82, 2.24) is 0 Å². The number of nitrogen functional groups attached to an aromatic ring is 1. The Morgan fingerprint density at radius 1 is 0.810 bits per heavy atom. The summed E-state index contributed by atoms with van der Waals surface area (Å²) in [5.41, 5.74) is 10.7. The first-order valence-electron chi connectivity index (χ1n) is 8.15. The number of nitrogens with two attached hydrogens (primary N) is 1. The number of anilines is 1.